The largest absolute Gasteiger partial charge is 0.463 e. The van der Waals surface area contributed by atoms with E-state index in [0.717, 1.165) is 18.9 Å². The van der Waals surface area contributed by atoms with Gasteiger partial charge in [0.15, 0.2) is 0 Å². The van der Waals surface area contributed by atoms with Crippen molar-refractivity contribution in [3.63, 3.8) is 0 Å². The second-order valence-corrected chi connectivity index (χ2v) is 7.74. The Kier molecular flexibility index (Phi) is 13.5. The van der Waals surface area contributed by atoms with Gasteiger partial charge in [0.05, 0.1) is 50.8 Å². The summed E-state index contributed by atoms with van der Waals surface area (Å²) in [4.78, 5) is 55.0. The van der Waals surface area contributed by atoms with E-state index in [2.05, 4.69) is 0 Å². The van der Waals surface area contributed by atoms with Crippen LogP contribution in [0.5, 0.6) is 0 Å². The van der Waals surface area contributed by atoms with Crippen molar-refractivity contribution in [2.45, 2.75) is 73.3 Å². The molecular weight excluding hydrogens is 456 g/mol. The van der Waals surface area contributed by atoms with Crippen molar-refractivity contribution in [2.24, 2.45) is 0 Å². The van der Waals surface area contributed by atoms with Crippen LogP contribution in [0, 0.1) is 0 Å². The Morgan fingerprint density at radius 3 is 1.97 bits per heavy atom. The van der Waals surface area contributed by atoms with Crippen LogP contribution in [-0.2, 0) is 38.1 Å². The summed E-state index contributed by atoms with van der Waals surface area (Å²) >= 11 is 0. The van der Waals surface area contributed by atoms with E-state index in [1.807, 2.05) is 13.8 Å². The summed E-state index contributed by atoms with van der Waals surface area (Å²) in [5.41, 5.74) is 0.191. The molecule has 0 spiro atoms. The van der Waals surface area contributed by atoms with E-state index < -0.39 is 29.9 Å². The lowest BCUT2D eigenvalue weighted by Gasteiger charge is -2.45. The van der Waals surface area contributed by atoms with Crippen molar-refractivity contribution < 1.29 is 38.1 Å². The molecule has 0 bridgehead atoms. The smallest absolute Gasteiger partial charge is 0.355 e. The van der Waals surface area contributed by atoms with Gasteiger partial charge < -0.3 is 28.7 Å². The Bertz CT molecular complexity index is 805. The molecule has 0 radical (unpaired) electrons. The number of carbonyl (C=O) groups is 4. The van der Waals surface area contributed by atoms with Crippen LogP contribution in [0.4, 0.5) is 0 Å². The Morgan fingerprint density at radius 2 is 1.43 bits per heavy atom. The molecule has 0 aromatic rings. The zero-order valence-corrected chi connectivity index (χ0v) is 21.9. The first kappa shape index (κ1) is 30.0. The van der Waals surface area contributed by atoms with Gasteiger partial charge in [0.1, 0.15) is 11.4 Å². The lowest BCUT2D eigenvalue weighted by Crippen LogP contribution is -2.54. The van der Waals surface area contributed by atoms with E-state index >= 15 is 0 Å². The standard InChI is InChI=1S/C25H40N2O8/c1-7-13-15-26-17-27(19(23(29)33-10-4)16-20(28)32-9-3)18(14-8-2)21(24(30)34-11-5)22(26)25(31)35-12-6/h16,18H,7-15,17H2,1-6H3/b19-16+. The number of hydrogen-bond donors (Lipinski definition) is 0. The number of nitrogens with zero attached hydrogens (tertiary/aromatic N) is 2. The molecule has 1 aliphatic rings. The van der Waals surface area contributed by atoms with Crippen LogP contribution in [0.15, 0.2) is 23.0 Å². The second kappa shape index (κ2) is 15.8. The minimum Gasteiger partial charge on any atom is -0.463 e. The summed E-state index contributed by atoms with van der Waals surface area (Å²) in [5, 5.41) is 0. The van der Waals surface area contributed by atoms with Gasteiger partial charge in [-0.25, -0.2) is 19.2 Å². The van der Waals surface area contributed by atoms with Gasteiger partial charge in [0, 0.05) is 6.54 Å². The van der Waals surface area contributed by atoms with Gasteiger partial charge in [-0.05, 0) is 40.5 Å². The van der Waals surface area contributed by atoms with Crippen molar-refractivity contribution in [1.82, 2.24) is 9.80 Å². The van der Waals surface area contributed by atoms with E-state index in [4.69, 9.17) is 18.9 Å². The molecule has 1 heterocycles. The molecule has 0 aliphatic carbocycles. The van der Waals surface area contributed by atoms with Gasteiger partial charge in [0.25, 0.3) is 0 Å². The van der Waals surface area contributed by atoms with Crippen LogP contribution in [0.25, 0.3) is 0 Å². The van der Waals surface area contributed by atoms with Gasteiger partial charge >= 0.3 is 23.9 Å². The molecule has 1 atom stereocenters. The van der Waals surface area contributed by atoms with Gasteiger partial charge in [-0.3, -0.25) is 0 Å². The topological polar surface area (TPSA) is 112 Å². The van der Waals surface area contributed by atoms with Crippen LogP contribution in [0.3, 0.4) is 0 Å². The zero-order chi connectivity index (χ0) is 26.4. The predicted octanol–water partition coefficient (Wildman–Crippen LogP) is 2.92. The number of carbonyl (C=O) groups excluding carboxylic acids is 4. The Hall–Kier alpha value is -3.04. The van der Waals surface area contributed by atoms with Crippen molar-refractivity contribution in [1.29, 1.82) is 0 Å². The molecule has 35 heavy (non-hydrogen) atoms. The first-order valence-electron chi connectivity index (χ1n) is 12.5. The van der Waals surface area contributed by atoms with E-state index in [0.29, 0.717) is 19.4 Å². The highest BCUT2D eigenvalue weighted by Crippen LogP contribution is 2.33. The molecule has 0 fully saturated rings. The number of unbranched alkanes of at least 4 members (excludes halogenated alkanes) is 1. The summed E-state index contributed by atoms with van der Waals surface area (Å²) in [7, 11) is 0. The summed E-state index contributed by atoms with van der Waals surface area (Å²) in [5.74, 6) is -2.72. The molecule has 0 aromatic carbocycles. The summed E-state index contributed by atoms with van der Waals surface area (Å²) in [6.07, 6.45) is 3.69. The molecule has 0 saturated heterocycles. The third-order valence-electron chi connectivity index (χ3n) is 5.25. The van der Waals surface area contributed by atoms with E-state index in [1.54, 1.807) is 37.5 Å². The van der Waals surface area contributed by atoms with Gasteiger partial charge in [-0.15, -0.1) is 0 Å². The minimum absolute atomic E-state index is 0.0463. The first-order chi connectivity index (χ1) is 16.8. The second-order valence-electron chi connectivity index (χ2n) is 7.74. The molecule has 0 aromatic heterocycles. The van der Waals surface area contributed by atoms with Crippen molar-refractivity contribution in [3.05, 3.63) is 23.0 Å². The Morgan fingerprint density at radius 1 is 0.829 bits per heavy atom. The van der Waals surface area contributed by atoms with Gasteiger partial charge in [-0.2, -0.15) is 0 Å². The summed E-state index contributed by atoms with van der Waals surface area (Å²) in [6.45, 7) is 11.6. The highest BCUT2D eigenvalue weighted by Gasteiger charge is 2.43. The number of ether oxygens (including phenoxy) is 4. The maximum atomic E-state index is 13.2. The fourth-order valence-corrected chi connectivity index (χ4v) is 3.83. The average Bonchev–Trinajstić information content (AvgIpc) is 2.82. The molecule has 0 amide bonds. The molecule has 1 rings (SSSR count). The first-order valence-corrected chi connectivity index (χ1v) is 12.5. The van der Waals surface area contributed by atoms with Gasteiger partial charge in [-0.1, -0.05) is 26.7 Å². The Labute approximate surface area is 208 Å². The van der Waals surface area contributed by atoms with Gasteiger partial charge in [0.2, 0.25) is 0 Å². The van der Waals surface area contributed by atoms with E-state index in [9.17, 15) is 19.2 Å². The molecule has 1 aliphatic heterocycles. The van der Waals surface area contributed by atoms with Crippen LogP contribution in [-0.4, -0.2) is 79.4 Å². The predicted molar refractivity (Wildman–Crippen MR) is 129 cm³/mol. The normalized spacial score (nSPS) is 16.2. The fraction of sp³-hybridized carbons (Fsp3) is 0.680. The van der Waals surface area contributed by atoms with Crippen LogP contribution in [0.2, 0.25) is 0 Å². The number of hydrogen-bond acceptors (Lipinski definition) is 10. The maximum Gasteiger partial charge on any atom is 0.355 e. The molecule has 10 nitrogen and oxygen atoms in total. The molecule has 198 valence electrons. The average molecular weight is 497 g/mol. The van der Waals surface area contributed by atoms with E-state index in [1.165, 1.54) is 0 Å². The van der Waals surface area contributed by atoms with Crippen LogP contribution in [0.1, 0.15) is 67.2 Å². The third-order valence-corrected chi connectivity index (χ3v) is 5.25. The highest BCUT2D eigenvalue weighted by atomic mass is 16.5. The molecule has 10 heteroatoms. The quantitative estimate of drug-likeness (QED) is 0.202. The maximum absolute atomic E-state index is 13.2. The van der Waals surface area contributed by atoms with Crippen molar-refractivity contribution >= 4 is 23.9 Å². The summed E-state index contributed by atoms with van der Waals surface area (Å²) < 4.78 is 20.9. The number of rotatable bonds is 14. The van der Waals surface area contributed by atoms with Crippen molar-refractivity contribution in [3.8, 4) is 0 Å². The molecular formula is C25H40N2O8. The number of esters is 4. The van der Waals surface area contributed by atoms with Crippen LogP contribution >= 0.6 is 0 Å². The lowest BCUT2D eigenvalue weighted by atomic mass is 9.94. The van der Waals surface area contributed by atoms with Crippen molar-refractivity contribution in [2.75, 3.05) is 39.6 Å². The Balaban J connectivity index is 3.84. The SMILES string of the molecule is CCCCN1CN(/C(=C/C(=O)OCC)C(=O)OCC)C(CCC)C(C(=O)OCC)=C1C(=O)OCC. The summed E-state index contributed by atoms with van der Waals surface area (Å²) in [6, 6.07) is -0.721. The molecule has 1 unspecified atom stereocenters. The minimum atomic E-state index is -0.722. The van der Waals surface area contributed by atoms with Crippen LogP contribution < -0.4 is 0 Å². The zero-order valence-electron chi connectivity index (χ0n) is 21.9. The molecule has 0 saturated carbocycles. The molecule has 0 N–H and O–H groups in total. The fourth-order valence-electron chi connectivity index (χ4n) is 3.83. The monoisotopic (exact) mass is 496 g/mol. The third kappa shape index (κ3) is 8.29. The lowest BCUT2D eigenvalue weighted by molar-refractivity contribution is -0.147. The van der Waals surface area contributed by atoms with E-state index in [-0.39, 0.29) is 50.1 Å². The highest BCUT2D eigenvalue weighted by molar-refractivity contribution is 6.02.